The van der Waals surface area contributed by atoms with Crippen LogP contribution in [-0.2, 0) is 19.3 Å². The van der Waals surface area contributed by atoms with Crippen molar-refractivity contribution in [3.05, 3.63) is 49.8 Å². The quantitative estimate of drug-likeness (QED) is 0.365. The Balaban J connectivity index is 0.000000193. The molecule has 3 aliphatic heterocycles. The van der Waals surface area contributed by atoms with Gasteiger partial charge in [0.2, 0.25) is 11.6 Å². The second kappa shape index (κ2) is 12.7. The van der Waals surface area contributed by atoms with Gasteiger partial charge in [-0.05, 0) is 0 Å². The molecule has 0 aromatic carbocycles. The molecule has 0 amide bonds. The number of pyridine rings is 2. The molecule has 0 aliphatic carbocycles. The Morgan fingerprint density at radius 3 is 1.69 bits per heavy atom. The summed E-state index contributed by atoms with van der Waals surface area (Å²) in [4.78, 5) is 35.1. The molecule has 15 nitrogen and oxygen atoms in total. The number of hydrogen-bond acceptors (Lipinski definition) is 13. The van der Waals surface area contributed by atoms with Gasteiger partial charge in [0.25, 0.3) is 0 Å². The van der Waals surface area contributed by atoms with Crippen LogP contribution in [0.15, 0.2) is 24.5 Å². The highest BCUT2D eigenvalue weighted by Gasteiger charge is 2.27. The van der Waals surface area contributed by atoms with Gasteiger partial charge in [-0.2, -0.15) is 0 Å². The molecule has 3 fully saturated rings. The number of ether oxygens (including phenoxy) is 2. The van der Waals surface area contributed by atoms with Crippen molar-refractivity contribution in [2.75, 3.05) is 91.9 Å². The van der Waals surface area contributed by atoms with Crippen LogP contribution in [0.4, 0.5) is 28.7 Å². The molecule has 2 aromatic rings. The molecule has 212 valence electrons. The fourth-order valence-corrected chi connectivity index (χ4v) is 5.66. The molecule has 5 rings (SSSR count). The number of sulfone groups is 1. The van der Waals surface area contributed by atoms with Gasteiger partial charge in [-0.1, -0.05) is 11.6 Å². The topological polar surface area (TPSA) is 174 Å². The maximum Gasteiger partial charge on any atom is 0.313 e. The Morgan fingerprint density at radius 1 is 0.744 bits per heavy atom. The van der Waals surface area contributed by atoms with Gasteiger partial charge < -0.3 is 24.2 Å². The molecule has 3 aliphatic rings. The average molecular weight is 586 g/mol. The summed E-state index contributed by atoms with van der Waals surface area (Å²) in [6.07, 6.45) is 3.00. The second-order valence-electron chi connectivity index (χ2n) is 8.88. The number of nitrogens with zero attached hydrogens (tertiary/aromatic N) is 7. The summed E-state index contributed by atoms with van der Waals surface area (Å²) in [6.45, 7) is 5.16. The van der Waals surface area contributed by atoms with E-state index < -0.39 is 19.7 Å². The minimum Gasteiger partial charge on any atom is -0.378 e. The van der Waals surface area contributed by atoms with Crippen molar-refractivity contribution in [3.8, 4) is 0 Å². The molecule has 0 atom stereocenters. The van der Waals surface area contributed by atoms with Crippen LogP contribution in [0.1, 0.15) is 0 Å². The highest BCUT2D eigenvalue weighted by atomic mass is 35.5. The second-order valence-corrected chi connectivity index (χ2v) is 11.6. The van der Waals surface area contributed by atoms with E-state index in [-0.39, 0.29) is 27.9 Å². The molecule has 5 heterocycles. The number of nitro groups is 2. The van der Waals surface area contributed by atoms with E-state index >= 15 is 0 Å². The molecule has 0 bridgehead atoms. The summed E-state index contributed by atoms with van der Waals surface area (Å²) in [5.74, 6) is 0.822. The molecular weight excluding hydrogens is 558 g/mol. The first-order chi connectivity index (χ1) is 18.6. The van der Waals surface area contributed by atoms with E-state index in [9.17, 15) is 28.6 Å². The molecule has 0 radical (unpaired) electrons. The van der Waals surface area contributed by atoms with E-state index in [4.69, 9.17) is 21.1 Å². The highest BCUT2D eigenvalue weighted by Crippen LogP contribution is 2.31. The number of halogens is 1. The van der Waals surface area contributed by atoms with Gasteiger partial charge in [0.05, 0.1) is 64.7 Å². The fraction of sp³-hybridized carbons (Fsp3) is 0.545. The lowest BCUT2D eigenvalue weighted by Crippen LogP contribution is -2.40. The first kappa shape index (κ1) is 28.7. The largest absolute Gasteiger partial charge is 0.378 e. The van der Waals surface area contributed by atoms with Crippen LogP contribution >= 0.6 is 11.6 Å². The van der Waals surface area contributed by atoms with Gasteiger partial charge in [-0.25, -0.2) is 18.4 Å². The molecular formula is C22H28ClN7O8S. The van der Waals surface area contributed by atoms with E-state index in [1.54, 1.807) is 6.20 Å². The average Bonchev–Trinajstić information content (AvgIpc) is 2.94. The molecule has 3 saturated heterocycles. The lowest BCUT2D eigenvalue weighted by molar-refractivity contribution is -0.384. The third kappa shape index (κ3) is 7.40. The first-order valence-electron chi connectivity index (χ1n) is 12.2. The predicted molar refractivity (Wildman–Crippen MR) is 144 cm³/mol. The zero-order chi connectivity index (χ0) is 28.0. The van der Waals surface area contributed by atoms with Crippen LogP contribution in [0.3, 0.4) is 0 Å². The molecule has 0 saturated carbocycles. The molecule has 0 spiro atoms. The van der Waals surface area contributed by atoms with Crippen molar-refractivity contribution in [1.82, 2.24) is 9.97 Å². The number of hydrogen-bond donors (Lipinski definition) is 0. The molecule has 39 heavy (non-hydrogen) atoms. The van der Waals surface area contributed by atoms with Gasteiger partial charge in [-0.15, -0.1) is 0 Å². The van der Waals surface area contributed by atoms with E-state index in [1.165, 1.54) is 18.3 Å². The number of rotatable bonds is 5. The van der Waals surface area contributed by atoms with Gasteiger partial charge in [0.1, 0.15) is 0 Å². The highest BCUT2D eigenvalue weighted by molar-refractivity contribution is 7.91. The van der Waals surface area contributed by atoms with Crippen molar-refractivity contribution in [2.24, 2.45) is 0 Å². The summed E-state index contributed by atoms with van der Waals surface area (Å²) < 4.78 is 33.4. The van der Waals surface area contributed by atoms with Crippen LogP contribution in [0.25, 0.3) is 0 Å². The van der Waals surface area contributed by atoms with Crippen LogP contribution in [0, 0.1) is 20.2 Å². The maximum atomic E-state index is 11.5. The van der Waals surface area contributed by atoms with Gasteiger partial charge in [-0.3, -0.25) is 20.2 Å². The molecule has 0 N–H and O–H groups in total. The lowest BCUT2D eigenvalue weighted by atomic mass is 10.3. The minimum atomic E-state index is -2.99. The standard InChI is InChI=1S/C13H18N4O5S.C9H10ClN3O3/c18-17(19)12-9-11(15-3-7-23(20,21)8-4-15)10-14-13(12)16-1-5-22-6-2-16;10-7-5-8(13(14)15)9(11-6-7)12-1-3-16-4-2-12/h9-10H,1-8H2;5-6H,1-4H2. The van der Waals surface area contributed by atoms with Gasteiger partial charge in [0, 0.05) is 57.6 Å². The molecule has 2 aromatic heterocycles. The zero-order valence-corrected chi connectivity index (χ0v) is 22.5. The number of aromatic nitrogens is 2. The number of anilines is 3. The van der Waals surface area contributed by atoms with Crippen molar-refractivity contribution in [2.45, 2.75) is 0 Å². The Labute approximate surface area is 229 Å². The van der Waals surface area contributed by atoms with Gasteiger partial charge in [0.15, 0.2) is 9.84 Å². The van der Waals surface area contributed by atoms with Crippen LogP contribution in [0.5, 0.6) is 0 Å². The predicted octanol–water partition coefficient (Wildman–Crippen LogP) is 1.54. The monoisotopic (exact) mass is 585 g/mol. The minimum absolute atomic E-state index is 0.0576. The van der Waals surface area contributed by atoms with E-state index in [0.717, 1.165) is 0 Å². The van der Waals surface area contributed by atoms with Crippen molar-refractivity contribution in [1.29, 1.82) is 0 Å². The van der Waals surface area contributed by atoms with Crippen LogP contribution in [-0.4, -0.2) is 105 Å². The summed E-state index contributed by atoms with van der Waals surface area (Å²) in [7, 11) is -2.99. The zero-order valence-electron chi connectivity index (χ0n) is 21.0. The first-order valence-corrected chi connectivity index (χ1v) is 14.4. The third-order valence-electron chi connectivity index (χ3n) is 6.37. The summed E-state index contributed by atoms with van der Waals surface area (Å²) in [5.41, 5.74) is 0.468. The lowest BCUT2D eigenvalue weighted by Gasteiger charge is -2.30. The SMILES string of the molecule is O=[N+]([O-])c1cc(Cl)cnc1N1CCOCC1.O=[N+]([O-])c1cc(N2CCS(=O)(=O)CC2)cnc1N1CCOCC1. The molecule has 17 heteroatoms. The van der Waals surface area contributed by atoms with Gasteiger partial charge >= 0.3 is 11.4 Å². The van der Waals surface area contributed by atoms with Crippen LogP contribution < -0.4 is 14.7 Å². The summed E-state index contributed by atoms with van der Waals surface area (Å²) in [5, 5.41) is 22.5. The number of morpholine rings is 2. The fourth-order valence-electron chi connectivity index (χ4n) is 4.31. The normalized spacial score (nSPS) is 19.2. The van der Waals surface area contributed by atoms with E-state index in [1.807, 2.05) is 14.7 Å². The summed E-state index contributed by atoms with van der Waals surface area (Å²) in [6, 6.07) is 2.80. The van der Waals surface area contributed by atoms with Crippen molar-refractivity contribution in [3.63, 3.8) is 0 Å². The van der Waals surface area contributed by atoms with Crippen LogP contribution in [0.2, 0.25) is 5.02 Å². The Bertz CT molecular complexity index is 1290. The van der Waals surface area contributed by atoms with E-state index in [0.29, 0.717) is 83.0 Å². The Morgan fingerprint density at radius 2 is 1.21 bits per heavy atom. The van der Waals surface area contributed by atoms with Crippen molar-refractivity contribution < 1.29 is 27.7 Å². The molecule has 0 unspecified atom stereocenters. The Kier molecular flexibility index (Phi) is 9.32. The summed E-state index contributed by atoms with van der Waals surface area (Å²) >= 11 is 5.69. The third-order valence-corrected chi connectivity index (χ3v) is 8.19. The van der Waals surface area contributed by atoms with Crippen molar-refractivity contribution >= 4 is 50.1 Å². The van der Waals surface area contributed by atoms with E-state index in [2.05, 4.69) is 9.97 Å². The maximum absolute atomic E-state index is 11.5. The Hall–Kier alpha value is -3.34. The smallest absolute Gasteiger partial charge is 0.313 e.